The predicted molar refractivity (Wildman–Crippen MR) is 157 cm³/mol. The van der Waals surface area contributed by atoms with E-state index in [9.17, 15) is 9.59 Å². The van der Waals surface area contributed by atoms with Crippen LogP contribution in [0, 0.1) is 0 Å². The number of esters is 1. The summed E-state index contributed by atoms with van der Waals surface area (Å²) < 4.78 is 15.3. The first-order chi connectivity index (χ1) is 19.6. The predicted octanol–water partition coefficient (Wildman–Crippen LogP) is 7.12. The van der Waals surface area contributed by atoms with Crippen molar-refractivity contribution in [1.82, 2.24) is 14.3 Å². The number of aromatic nitrogens is 3. The van der Waals surface area contributed by atoms with Gasteiger partial charge in [0.15, 0.2) is 0 Å². The SMILES string of the molecule is CCOC(=O)c1cnn(CC)c1C1=Cc2cc(OC)ccc2-c2c(C3CCCCC3)c3ccc(C=O)cc3n2C1. The van der Waals surface area contributed by atoms with E-state index in [0.29, 0.717) is 36.7 Å². The molecule has 2 aromatic carbocycles. The van der Waals surface area contributed by atoms with Crippen LogP contribution in [0.3, 0.4) is 0 Å². The van der Waals surface area contributed by atoms with Gasteiger partial charge in [0, 0.05) is 28.6 Å². The minimum Gasteiger partial charge on any atom is -0.497 e. The van der Waals surface area contributed by atoms with Gasteiger partial charge < -0.3 is 14.0 Å². The van der Waals surface area contributed by atoms with Gasteiger partial charge in [0.05, 0.1) is 37.8 Å². The highest BCUT2D eigenvalue weighted by Crippen LogP contribution is 2.47. The fraction of sp³-hybridized carbons (Fsp3) is 0.364. The van der Waals surface area contributed by atoms with Gasteiger partial charge in [0.1, 0.15) is 17.6 Å². The standard InChI is InChI=1S/C33H35N3O4/c1-4-36-31(28(18-34-36)33(38)40-5-2)24-16-23-17-25(39-3)12-14-26(23)32-30(22-9-7-6-8-10-22)27-13-11-21(20-37)15-29(27)35(32)19-24/h11-18,20,22H,4-10,19H2,1-3H3. The van der Waals surface area contributed by atoms with Crippen molar-refractivity contribution in [1.29, 1.82) is 0 Å². The zero-order valence-electron chi connectivity index (χ0n) is 23.4. The van der Waals surface area contributed by atoms with E-state index in [2.05, 4.69) is 33.9 Å². The highest BCUT2D eigenvalue weighted by Gasteiger charge is 2.31. The van der Waals surface area contributed by atoms with Gasteiger partial charge in [-0.15, -0.1) is 0 Å². The van der Waals surface area contributed by atoms with Gasteiger partial charge >= 0.3 is 5.97 Å². The number of ether oxygens (including phenoxy) is 2. The average Bonchev–Trinajstić information content (AvgIpc) is 3.51. The highest BCUT2D eigenvalue weighted by atomic mass is 16.5. The molecule has 7 nitrogen and oxygen atoms in total. The maximum absolute atomic E-state index is 13.1. The van der Waals surface area contributed by atoms with Crippen LogP contribution in [-0.4, -0.2) is 40.3 Å². The van der Waals surface area contributed by atoms with Crippen molar-refractivity contribution in [2.75, 3.05) is 13.7 Å². The maximum atomic E-state index is 13.1. The third-order valence-electron chi connectivity index (χ3n) is 8.39. The molecule has 0 bridgehead atoms. The van der Waals surface area contributed by atoms with Crippen LogP contribution in [0.2, 0.25) is 0 Å². The molecule has 0 unspecified atom stereocenters. The minimum absolute atomic E-state index is 0.292. The molecule has 3 heterocycles. The van der Waals surface area contributed by atoms with Gasteiger partial charge in [-0.3, -0.25) is 9.48 Å². The van der Waals surface area contributed by atoms with Crippen LogP contribution in [0.5, 0.6) is 5.75 Å². The normalized spacial score (nSPS) is 15.2. The monoisotopic (exact) mass is 537 g/mol. The Balaban J connectivity index is 1.67. The van der Waals surface area contributed by atoms with Gasteiger partial charge in [0.25, 0.3) is 0 Å². The number of rotatable bonds is 7. The molecule has 0 saturated heterocycles. The first kappa shape index (κ1) is 26.1. The second-order valence-corrected chi connectivity index (χ2v) is 10.6. The van der Waals surface area contributed by atoms with E-state index in [-0.39, 0.29) is 5.97 Å². The summed E-state index contributed by atoms with van der Waals surface area (Å²) in [5.74, 6) is 0.843. The van der Waals surface area contributed by atoms with E-state index in [1.807, 2.05) is 36.7 Å². The smallest absolute Gasteiger partial charge is 0.341 e. The number of carbonyl (C=O) groups excluding carboxylic acids is 2. The Morgan fingerprint density at radius 2 is 1.90 bits per heavy atom. The number of carbonyl (C=O) groups is 2. The van der Waals surface area contributed by atoms with Crippen LogP contribution in [0.4, 0.5) is 0 Å². The zero-order valence-corrected chi connectivity index (χ0v) is 23.4. The van der Waals surface area contributed by atoms with Crippen LogP contribution < -0.4 is 4.74 Å². The summed E-state index contributed by atoms with van der Waals surface area (Å²) in [6, 6.07) is 12.3. The van der Waals surface area contributed by atoms with E-state index in [0.717, 1.165) is 52.8 Å². The first-order valence-corrected chi connectivity index (χ1v) is 14.3. The van der Waals surface area contributed by atoms with Crippen molar-refractivity contribution in [2.45, 2.75) is 65.0 Å². The van der Waals surface area contributed by atoms with Crippen molar-refractivity contribution in [3.05, 3.63) is 70.5 Å². The van der Waals surface area contributed by atoms with Crippen LogP contribution in [0.15, 0.2) is 42.6 Å². The van der Waals surface area contributed by atoms with Crippen LogP contribution in [0.25, 0.3) is 33.8 Å². The molecule has 4 aromatic rings. The Kier molecular flexibility index (Phi) is 7.05. The number of aryl methyl sites for hydroxylation is 1. The number of hydrogen-bond acceptors (Lipinski definition) is 5. The molecule has 1 aliphatic carbocycles. The minimum atomic E-state index is -0.378. The molecule has 7 heteroatoms. The molecule has 0 spiro atoms. The fourth-order valence-corrected chi connectivity index (χ4v) is 6.60. The van der Waals surface area contributed by atoms with Crippen molar-refractivity contribution >= 4 is 34.8 Å². The Labute approximate surface area is 234 Å². The molecule has 6 rings (SSSR count). The third kappa shape index (κ3) is 4.34. The molecule has 0 radical (unpaired) electrons. The Morgan fingerprint density at radius 3 is 2.62 bits per heavy atom. The Morgan fingerprint density at radius 1 is 1.07 bits per heavy atom. The number of aldehydes is 1. The lowest BCUT2D eigenvalue weighted by Crippen LogP contribution is -2.12. The van der Waals surface area contributed by atoms with E-state index in [4.69, 9.17) is 9.47 Å². The molecule has 2 aliphatic rings. The summed E-state index contributed by atoms with van der Waals surface area (Å²) >= 11 is 0. The van der Waals surface area contributed by atoms with Gasteiger partial charge in [-0.25, -0.2) is 4.79 Å². The number of benzene rings is 2. The van der Waals surface area contributed by atoms with Crippen LogP contribution >= 0.6 is 0 Å². The largest absolute Gasteiger partial charge is 0.497 e. The number of nitrogens with zero attached hydrogens (tertiary/aromatic N) is 3. The summed E-state index contributed by atoms with van der Waals surface area (Å²) in [4.78, 5) is 24.9. The summed E-state index contributed by atoms with van der Waals surface area (Å²) in [5.41, 5.74) is 8.57. The molecule has 1 fully saturated rings. The van der Waals surface area contributed by atoms with Crippen molar-refractivity contribution in [3.63, 3.8) is 0 Å². The fourth-order valence-electron chi connectivity index (χ4n) is 6.60. The first-order valence-electron chi connectivity index (χ1n) is 14.3. The molecule has 0 amide bonds. The number of allylic oxidation sites excluding steroid dienone is 1. The van der Waals surface area contributed by atoms with Crippen LogP contribution in [0.1, 0.15) is 89.4 Å². The summed E-state index contributed by atoms with van der Waals surface area (Å²) in [5, 5.41) is 5.75. The van der Waals surface area contributed by atoms with E-state index < -0.39 is 0 Å². The quantitative estimate of drug-likeness (QED) is 0.185. The summed E-state index contributed by atoms with van der Waals surface area (Å²) in [6.45, 7) is 5.26. The van der Waals surface area contributed by atoms with Gasteiger partial charge in [-0.2, -0.15) is 5.10 Å². The van der Waals surface area contributed by atoms with Crippen molar-refractivity contribution in [3.8, 4) is 17.0 Å². The molecule has 1 aliphatic heterocycles. The molecule has 0 N–H and O–H groups in total. The van der Waals surface area contributed by atoms with Gasteiger partial charge in [-0.1, -0.05) is 31.4 Å². The zero-order chi connectivity index (χ0) is 27.8. The van der Waals surface area contributed by atoms with Gasteiger partial charge in [-0.05, 0) is 79.6 Å². The molecule has 40 heavy (non-hydrogen) atoms. The lowest BCUT2D eigenvalue weighted by atomic mass is 9.81. The van der Waals surface area contributed by atoms with Crippen molar-refractivity contribution in [2.24, 2.45) is 0 Å². The van der Waals surface area contributed by atoms with Crippen LogP contribution in [-0.2, 0) is 17.8 Å². The molecule has 206 valence electrons. The maximum Gasteiger partial charge on any atom is 0.341 e. The molecular formula is C33H35N3O4. The lowest BCUT2D eigenvalue weighted by Gasteiger charge is -2.24. The molecule has 0 atom stereocenters. The second-order valence-electron chi connectivity index (χ2n) is 10.6. The number of hydrogen-bond donors (Lipinski definition) is 0. The Bertz CT molecular complexity index is 1640. The highest BCUT2D eigenvalue weighted by molar-refractivity contribution is 6.02. The van der Waals surface area contributed by atoms with E-state index in [1.54, 1.807) is 13.3 Å². The molecule has 2 aromatic heterocycles. The summed E-state index contributed by atoms with van der Waals surface area (Å²) in [7, 11) is 1.68. The molecular weight excluding hydrogens is 502 g/mol. The second kappa shape index (κ2) is 10.8. The topological polar surface area (TPSA) is 75.3 Å². The number of fused-ring (bicyclic) bond motifs is 5. The molecule has 1 saturated carbocycles. The average molecular weight is 538 g/mol. The van der Waals surface area contributed by atoms with Gasteiger partial charge in [0.2, 0.25) is 0 Å². The van der Waals surface area contributed by atoms with E-state index in [1.165, 1.54) is 35.9 Å². The third-order valence-corrected chi connectivity index (χ3v) is 8.39. The summed E-state index contributed by atoms with van der Waals surface area (Å²) in [6.07, 6.45) is 10.7. The van der Waals surface area contributed by atoms with E-state index >= 15 is 0 Å². The Hall–Kier alpha value is -4.13. The van der Waals surface area contributed by atoms with Crippen molar-refractivity contribution < 1.29 is 19.1 Å². The number of methoxy groups -OCH3 is 1. The lowest BCUT2D eigenvalue weighted by molar-refractivity contribution is 0.0525.